The molecule has 0 aliphatic carbocycles. The normalized spacial score (nSPS) is 14.1. The first-order valence-electron chi connectivity index (χ1n) is 10.9. The van der Waals surface area contributed by atoms with Crippen molar-refractivity contribution >= 4 is 6.01 Å². The van der Waals surface area contributed by atoms with Crippen LogP contribution in [0.5, 0.6) is 28.7 Å². The van der Waals surface area contributed by atoms with Gasteiger partial charge in [0, 0.05) is 43.9 Å². The van der Waals surface area contributed by atoms with Crippen LogP contribution < -0.4 is 28.6 Å². The molecule has 1 saturated heterocycles. The lowest BCUT2D eigenvalue weighted by Gasteiger charge is -2.33. The fraction of sp³-hybridized carbons (Fsp3) is 0.417. The van der Waals surface area contributed by atoms with Gasteiger partial charge in [-0.1, -0.05) is 11.2 Å². The molecule has 0 N–H and O–H groups in total. The van der Waals surface area contributed by atoms with E-state index in [0.29, 0.717) is 40.6 Å². The molecule has 2 heterocycles. The molecule has 0 radical (unpaired) electrons. The van der Waals surface area contributed by atoms with Crippen LogP contribution in [0.2, 0.25) is 0 Å². The van der Waals surface area contributed by atoms with Crippen LogP contribution in [0.3, 0.4) is 0 Å². The van der Waals surface area contributed by atoms with Crippen LogP contribution in [-0.2, 0) is 6.54 Å². The SMILES string of the molecule is COc1ccc(-c2noc(N3CCN(Cc4ccc(OC)c(OC)c4OC)CC3)n2)cc1OC. The molecule has 0 unspecified atom stereocenters. The Morgan fingerprint density at radius 2 is 1.44 bits per heavy atom. The van der Waals surface area contributed by atoms with Crippen LogP contribution in [0.1, 0.15) is 5.56 Å². The molecule has 1 aliphatic rings. The lowest BCUT2D eigenvalue weighted by atomic mass is 10.1. The number of anilines is 1. The van der Waals surface area contributed by atoms with Gasteiger partial charge in [0.25, 0.3) is 0 Å². The highest BCUT2D eigenvalue weighted by Crippen LogP contribution is 2.40. The zero-order chi connectivity index (χ0) is 24.1. The van der Waals surface area contributed by atoms with Crippen molar-refractivity contribution in [2.75, 3.05) is 66.6 Å². The van der Waals surface area contributed by atoms with E-state index in [1.165, 1.54) is 0 Å². The third-order valence-corrected chi connectivity index (χ3v) is 5.88. The van der Waals surface area contributed by atoms with Gasteiger partial charge in [-0.3, -0.25) is 4.90 Å². The van der Waals surface area contributed by atoms with Crippen molar-refractivity contribution in [3.63, 3.8) is 0 Å². The average Bonchev–Trinajstić information content (AvgIpc) is 3.38. The molecule has 10 nitrogen and oxygen atoms in total. The molecule has 3 aromatic rings. The van der Waals surface area contributed by atoms with Gasteiger partial charge in [0.1, 0.15) is 0 Å². The maximum atomic E-state index is 5.63. The Kier molecular flexibility index (Phi) is 7.27. The van der Waals surface area contributed by atoms with Gasteiger partial charge in [-0.2, -0.15) is 4.98 Å². The fourth-order valence-corrected chi connectivity index (χ4v) is 4.06. The van der Waals surface area contributed by atoms with E-state index in [-0.39, 0.29) is 0 Å². The summed E-state index contributed by atoms with van der Waals surface area (Å²) >= 11 is 0. The number of ether oxygens (including phenoxy) is 5. The van der Waals surface area contributed by atoms with Gasteiger partial charge < -0.3 is 33.1 Å². The van der Waals surface area contributed by atoms with E-state index >= 15 is 0 Å². The highest BCUT2D eigenvalue weighted by molar-refractivity contribution is 5.61. The van der Waals surface area contributed by atoms with Gasteiger partial charge in [0.2, 0.25) is 11.6 Å². The van der Waals surface area contributed by atoms with Crippen molar-refractivity contribution in [3.8, 4) is 40.1 Å². The summed E-state index contributed by atoms with van der Waals surface area (Å²) in [7, 11) is 8.07. The molecular weight excluding hydrogens is 440 g/mol. The van der Waals surface area contributed by atoms with Crippen molar-refractivity contribution < 1.29 is 28.2 Å². The first-order valence-corrected chi connectivity index (χ1v) is 10.9. The summed E-state index contributed by atoms with van der Waals surface area (Å²) in [5, 5.41) is 4.16. The van der Waals surface area contributed by atoms with Crippen molar-refractivity contribution in [2.24, 2.45) is 0 Å². The number of methoxy groups -OCH3 is 5. The summed E-state index contributed by atoms with van der Waals surface area (Å²) in [6, 6.07) is 9.96. The molecule has 1 fully saturated rings. The van der Waals surface area contributed by atoms with Gasteiger partial charge in [-0.25, -0.2) is 0 Å². The molecule has 0 atom stereocenters. The van der Waals surface area contributed by atoms with E-state index in [1.54, 1.807) is 35.5 Å². The zero-order valence-corrected chi connectivity index (χ0v) is 20.2. The number of hydrogen-bond donors (Lipinski definition) is 0. The lowest BCUT2D eigenvalue weighted by Crippen LogP contribution is -2.46. The Bertz CT molecular complexity index is 1110. The summed E-state index contributed by atoms with van der Waals surface area (Å²) in [5.41, 5.74) is 1.84. The Morgan fingerprint density at radius 1 is 0.765 bits per heavy atom. The van der Waals surface area contributed by atoms with Crippen LogP contribution >= 0.6 is 0 Å². The Labute approximate surface area is 198 Å². The van der Waals surface area contributed by atoms with Gasteiger partial charge >= 0.3 is 6.01 Å². The first kappa shape index (κ1) is 23.5. The van der Waals surface area contributed by atoms with Crippen LogP contribution in [0.25, 0.3) is 11.4 Å². The number of piperazine rings is 1. The molecule has 10 heteroatoms. The molecule has 4 rings (SSSR count). The Hall–Kier alpha value is -3.66. The fourth-order valence-electron chi connectivity index (χ4n) is 4.06. The van der Waals surface area contributed by atoms with Gasteiger partial charge in [0.15, 0.2) is 23.0 Å². The van der Waals surface area contributed by atoms with Crippen LogP contribution in [0.4, 0.5) is 6.01 Å². The average molecular weight is 471 g/mol. The largest absolute Gasteiger partial charge is 0.493 e. The molecular formula is C24H30N4O6. The van der Waals surface area contributed by atoms with E-state index in [9.17, 15) is 0 Å². The molecule has 1 aliphatic heterocycles. The molecule has 182 valence electrons. The Morgan fingerprint density at radius 3 is 2.09 bits per heavy atom. The van der Waals surface area contributed by atoms with Crippen LogP contribution in [0.15, 0.2) is 34.9 Å². The van der Waals surface area contributed by atoms with Crippen molar-refractivity contribution in [1.29, 1.82) is 0 Å². The molecule has 0 saturated carbocycles. The lowest BCUT2D eigenvalue weighted by molar-refractivity contribution is 0.237. The van der Waals surface area contributed by atoms with Gasteiger partial charge in [-0.15, -0.1) is 0 Å². The number of aromatic nitrogens is 2. The van der Waals surface area contributed by atoms with Crippen molar-refractivity contribution in [1.82, 2.24) is 15.0 Å². The highest BCUT2D eigenvalue weighted by atomic mass is 16.5. The molecule has 0 spiro atoms. The minimum atomic E-state index is 0.508. The summed E-state index contributed by atoms with van der Waals surface area (Å²) in [5.74, 6) is 3.72. The minimum absolute atomic E-state index is 0.508. The van der Waals surface area contributed by atoms with Crippen molar-refractivity contribution in [3.05, 3.63) is 35.9 Å². The maximum Gasteiger partial charge on any atom is 0.324 e. The number of benzene rings is 2. The predicted octanol–water partition coefficient (Wildman–Crippen LogP) is 3.10. The number of rotatable bonds is 9. The molecule has 0 amide bonds. The third-order valence-electron chi connectivity index (χ3n) is 5.88. The van der Waals surface area contributed by atoms with Crippen LogP contribution in [0, 0.1) is 0 Å². The second kappa shape index (κ2) is 10.5. The zero-order valence-electron chi connectivity index (χ0n) is 20.2. The number of nitrogens with zero attached hydrogens (tertiary/aromatic N) is 4. The van der Waals surface area contributed by atoms with E-state index < -0.39 is 0 Å². The summed E-state index contributed by atoms with van der Waals surface area (Å²) in [6.07, 6.45) is 0. The van der Waals surface area contributed by atoms with Crippen LogP contribution in [-0.4, -0.2) is 76.8 Å². The van der Waals surface area contributed by atoms with E-state index in [1.807, 2.05) is 30.3 Å². The minimum Gasteiger partial charge on any atom is -0.493 e. The van der Waals surface area contributed by atoms with Crippen molar-refractivity contribution in [2.45, 2.75) is 6.54 Å². The predicted molar refractivity (Wildman–Crippen MR) is 126 cm³/mol. The quantitative estimate of drug-likeness (QED) is 0.464. The molecule has 0 bridgehead atoms. The molecule has 34 heavy (non-hydrogen) atoms. The molecule has 2 aromatic carbocycles. The maximum absolute atomic E-state index is 5.63. The van der Waals surface area contributed by atoms with Gasteiger partial charge in [0.05, 0.1) is 35.5 Å². The third kappa shape index (κ3) is 4.67. The topological polar surface area (TPSA) is 91.6 Å². The second-order valence-electron chi connectivity index (χ2n) is 7.73. The molecule has 1 aromatic heterocycles. The first-order chi connectivity index (χ1) is 16.6. The summed E-state index contributed by atoms with van der Waals surface area (Å²) < 4.78 is 32.7. The standard InChI is InChI=1S/C24H30N4O6/c1-29-18-8-6-16(14-20(18)31-3)23-25-24(34-26-23)28-12-10-27(11-13-28)15-17-7-9-19(30-2)22(33-5)21(17)32-4/h6-9,14H,10-13,15H2,1-5H3. The van der Waals surface area contributed by atoms with E-state index in [0.717, 1.165) is 43.9 Å². The monoisotopic (exact) mass is 470 g/mol. The van der Waals surface area contributed by atoms with E-state index in [2.05, 4.69) is 19.9 Å². The van der Waals surface area contributed by atoms with Gasteiger partial charge in [-0.05, 0) is 24.3 Å². The smallest absolute Gasteiger partial charge is 0.324 e. The Balaban J connectivity index is 1.41. The summed E-state index contributed by atoms with van der Waals surface area (Å²) in [6.45, 7) is 3.95. The number of hydrogen-bond acceptors (Lipinski definition) is 10. The van der Waals surface area contributed by atoms with E-state index in [4.69, 9.17) is 28.2 Å². The summed E-state index contributed by atoms with van der Waals surface area (Å²) in [4.78, 5) is 9.05. The second-order valence-corrected chi connectivity index (χ2v) is 7.73. The highest BCUT2D eigenvalue weighted by Gasteiger charge is 2.24.